The number of hydrogen-bond donors (Lipinski definition) is 4. The minimum absolute atomic E-state index is 0.0790. The van der Waals surface area contributed by atoms with Gasteiger partial charge in [-0.05, 0) is 154 Å². The summed E-state index contributed by atoms with van der Waals surface area (Å²) in [7, 11) is -9.82. The monoisotopic (exact) mass is 1420 g/mol. The van der Waals surface area contributed by atoms with E-state index in [9.17, 15) is 43.5 Å². The van der Waals surface area contributed by atoms with Gasteiger partial charge in [0.15, 0.2) is 6.10 Å². The summed E-state index contributed by atoms with van der Waals surface area (Å²) in [4.78, 5) is 58.6. The molecule has 0 amide bonds. The Morgan fingerprint density at radius 2 is 0.505 bits per heavy atom. The lowest BCUT2D eigenvalue weighted by atomic mass is 10.1. The molecule has 0 radical (unpaired) electrons. The van der Waals surface area contributed by atoms with Crippen LogP contribution >= 0.6 is 15.6 Å². The fourth-order valence-electron chi connectivity index (χ4n) is 9.06. The lowest BCUT2D eigenvalue weighted by Gasteiger charge is -2.21. The number of aliphatic hydroxyl groups is 2. The normalized spacial score (nSPS) is 15.1. The summed E-state index contributed by atoms with van der Waals surface area (Å²) >= 11 is 0. The van der Waals surface area contributed by atoms with E-state index in [1.807, 2.05) is 0 Å². The van der Waals surface area contributed by atoms with Crippen molar-refractivity contribution in [2.24, 2.45) is 0 Å². The van der Waals surface area contributed by atoms with Gasteiger partial charge in [-0.2, -0.15) is 0 Å². The summed E-state index contributed by atoms with van der Waals surface area (Å²) in [6, 6.07) is 0. The molecular weight excluding hydrogens is 1290 g/mol. The first kappa shape index (κ1) is 93.6. The SMILES string of the molecule is CC/C=C\C/C=C\C/C=C\C/C=C\C/C=C\C/C=C\CCCCCCC(=O)OCC(O)COP(=O)(O)OCC(O)COP(=O)(O)OCC(COC(=O)CCCCCC/C=C\C/C=C\C/C=C\C/C=C\C/C=C\C/C=C\CC)OC(=O)CCCCCCCCC/C=C\C/C=C\C/C=C\CC. The molecule has 0 saturated heterocycles. The fourth-order valence-corrected chi connectivity index (χ4v) is 10.6. The molecular formula is C81H130O16P2. The molecule has 0 aliphatic carbocycles. The molecule has 18 heteroatoms. The molecule has 0 saturated carbocycles. The summed E-state index contributed by atoms with van der Waals surface area (Å²) in [6.45, 7) is 2.23. The van der Waals surface area contributed by atoms with E-state index in [0.29, 0.717) is 19.3 Å². The number of aliphatic hydroxyl groups excluding tert-OH is 2. The van der Waals surface area contributed by atoms with Gasteiger partial charge in [-0.1, -0.05) is 261 Å². The van der Waals surface area contributed by atoms with Crippen molar-refractivity contribution >= 4 is 33.6 Å². The Morgan fingerprint density at radius 3 is 0.798 bits per heavy atom. The number of ether oxygens (including phenoxy) is 3. The van der Waals surface area contributed by atoms with Crippen molar-refractivity contribution in [2.75, 3.05) is 39.6 Å². The van der Waals surface area contributed by atoms with Crippen molar-refractivity contribution in [1.29, 1.82) is 0 Å². The number of phosphoric ester groups is 2. The molecule has 5 unspecified atom stereocenters. The zero-order valence-electron chi connectivity index (χ0n) is 60.8. The van der Waals surface area contributed by atoms with Gasteiger partial charge >= 0.3 is 33.6 Å². The molecule has 0 aromatic rings. The Balaban J connectivity index is 4.76. The van der Waals surface area contributed by atoms with Crippen LogP contribution < -0.4 is 0 Å². The molecule has 0 bridgehead atoms. The van der Waals surface area contributed by atoms with Gasteiger partial charge in [0.1, 0.15) is 25.4 Å². The summed E-state index contributed by atoms with van der Waals surface area (Å²) in [6.07, 6.45) is 92.1. The van der Waals surface area contributed by atoms with E-state index in [2.05, 4.69) is 203 Å². The number of carbonyl (C=O) groups excluding carboxylic acids is 3. The van der Waals surface area contributed by atoms with Crippen LogP contribution in [0.4, 0.5) is 0 Å². The van der Waals surface area contributed by atoms with Crippen molar-refractivity contribution in [2.45, 2.75) is 270 Å². The van der Waals surface area contributed by atoms with E-state index in [1.54, 1.807) is 0 Å². The van der Waals surface area contributed by atoms with Crippen LogP contribution in [0.2, 0.25) is 0 Å². The number of allylic oxidation sites excluding steroid dienone is 30. The number of hydrogen-bond acceptors (Lipinski definition) is 14. The molecule has 0 aliphatic heterocycles. The maximum Gasteiger partial charge on any atom is 0.472 e. The van der Waals surface area contributed by atoms with Gasteiger partial charge in [-0.3, -0.25) is 32.5 Å². The number of phosphoric acid groups is 2. The lowest BCUT2D eigenvalue weighted by Crippen LogP contribution is -2.30. The molecule has 0 aromatic heterocycles. The Bertz CT molecular complexity index is 2530. The first-order valence-corrected chi connectivity index (χ1v) is 40.1. The van der Waals surface area contributed by atoms with Crippen LogP contribution in [0.3, 0.4) is 0 Å². The van der Waals surface area contributed by atoms with Gasteiger partial charge in [-0.25, -0.2) is 9.13 Å². The van der Waals surface area contributed by atoms with Crippen LogP contribution in [0, 0.1) is 0 Å². The highest BCUT2D eigenvalue weighted by Crippen LogP contribution is 2.45. The van der Waals surface area contributed by atoms with Crippen LogP contribution in [-0.4, -0.2) is 95.9 Å². The van der Waals surface area contributed by atoms with E-state index in [-0.39, 0.29) is 19.3 Å². The molecule has 99 heavy (non-hydrogen) atoms. The standard InChI is InChI=1S/C81H130O16P2/c1-4-7-10-13-16-19-22-25-28-31-33-35-37-39-41-44-46-49-52-55-58-61-64-67-79(84)91-70-76(82)71-93-98(87,88)94-72-77(83)73-95-99(89,90)96-75-78(97-81(86)69-66-63-60-57-54-51-48-43-30-27-24-21-18-15-12-9-6-3)74-92-80(85)68-65-62-59-56-53-50-47-45-42-40-38-36-34-32-29-26-23-20-17-14-11-8-5-2/h7-12,16-21,25-30,33-36,39-42,46-47,49-50,76-78,82-83H,4-6,13-15,22-24,31-32,37-38,43-45,48,51-75H2,1-3H3,(H,87,88)(H,89,90)/b10-7-,11-8-,12-9-,19-16-,20-17-,21-18-,28-25-,29-26-,30-27-,35-33-,36-34-,41-39-,42-40-,49-46-,50-47-. The van der Waals surface area contributed by atoms with Crippen molar-refractivity contribution < 1.29 is 75.8 Å². The minimum Gasteiger partial charge on any atom is -0.463 e. The number of esters is 3. The van der Waals surface area contributed by atoms with Gasteiger partial charge in [0.05, 0.1) is 26.4 Å². The molecule has 0 fully saturated rings. The predicted octanol–water partition coefficient (Wildman–Crippen LogP) is 21.4. The third kappa shape index (κ3) is 73.7. The molecule has 4 N–H and O–H groups in total. The van der Waals surface area contributed by atoms with Crippen molar-refractivity contribution in [3.05, 3.63) is 182 Å². The van der Waals surface area contributed by atoms with E-state index >= 15 is 0 Å². The summed E-state index contributed by atoms with van der Waals surface area (Å²) in [5, 5.41) is 20.6. The van der Waals surface area contributed by atoms with Crippen LogP contribution in [0.15, 0.2) is 182 Å². The average molecular weight is 1420 g/mol. The predicted molar refractivity (Wildman–Crippen MR) is 408 cm³/mol. The van der Waals surface area contributed by atoms with Crippen molar-refractivity contribution in [3.63, 3.8) is 0 Å². The Kier molecular flexibility index (Phi) is 68.5. The Labute approximate surface area is 598 Å². The minimum atomic E-state index is -4.95. The molecule has 0 rings (SSSR count). The second-order valence-corrected chi connectivity index (χ2v) is 26.9. The van der Waals surface area contributed by atoms with Gasteiger partial charge in [0, 0.05) is 19.3 Å². The quantitative estimate of drug-likeness (QED) is 0.0146. The van der Waals surface area contributed by atoms with E-state index in [1.165, 1.54) is 0 Å². The van der Waals surface area contributed by atoms with E-state index < -0.39 is 91.5 Å². The fraction of sp³-hybridized carbons (Fsp3) is 0.593. The first-order chi connectivity index (χ1) is 48.2. The first-order valence-electron chi connectivity index (χ1n) is 37.1. The smallest absolute Gasteiger partial charge is 0.463 e. The van der Waals surface area contributed by atoms with Crippen LogP contribution in [0.1, 0.15) is 252 Å². The van der Waals surface area contributed by atoms with Crippen LogP contribution in [0.25, 0.3) is 0 Å². The largest absolute Gasteiger partial charge is 0.472 e. The third-order valence-electron chi connectivity index (χ3n) is 14.6. The van der Waals surface area contributed by atoms with Crippen molar-refractivity contribution in [1.82, 2.24) is 0 Å². The van der Waals surface area contributed by atoms with Crippen molar-refractivity contribution in [3.8, 4) is 0 Å². The third-order valence-corrected chi connectivity index (χ3v) is 16.5. The second-order valence-electron chi connectivity index (χ2n) is 23.9. The number of unbranched alkanes of at least 4 members (excludes halogenated alkanes) is 15. The summed E-state index contributed by atoms with van der Waals surface area (Å²) in [5.74, 6) is -1.65. The zero-order valence-corrected chi connectivity index (χ0v) is 62.6. The Hall–Kier alpha value is -5.35. The lowest BCUT2D eigenvalue weighted by molar-refractivity contribution is -0.161. The highest BCUT2D eigenvalue weighted by atomic mass is 31.2. The number of carbonyl (C=O) groups is 3. The topological polar surface area (TPSA) is 231 Å². The Morgan fingerprint density at radius 1 is 0.283 bits per heavy atom. The van der Waals surface area contributed by atoms with E-state index in [0.717, 1.165) is 193 Å². The van der Waals surface area contributed by atoms with Gasteiger partial charge < -0.3 is 34.2 Å². The van der Waals surface area contributed by atoms with Crippen LogP contribution in [0.5, 0.6) is 0 Å². The number of rotatable bonds is 68. The molecule has 0 heterocycles. The summed E-state index contributed by atoms with van der Waals surface area (Å²) < 4.78 is 61.0. The highest BCUT2D eigenvalue weighted by Gasteiger charge is 2.29. The summed E-state index contributed by atoms with van der Waals surface area (Å²) in [5.41, 5.74) is 0. The molecule has 0 aromatic carbocycles. The molecule has 5 atom stereocenters. The molecule has 0 aliphatic rings. The van der Waals surface area contributed by atoms with Gasteiger partial charge in [0.2, 0.25) is 0 Å². The maximum atomic E-state index is 13.0. The maximum absolute atomic E-state index is 13.0. The average Bonchev–Trinajstić information content (AvgIpc) is 2.19. The second kappa shape index (κ2) is 72.4. The molecule has 560 valence electrons. The zero-order chi connectivity index (χ0) is 72.3. The highest BCUT2D eigenvalue weighted by molar-refractivity contribution is 7.47. The van der Waals surface area contributed by atoms with E-state index in [4.69, 9.17) is 32.3 Å². The van der Waals surface area contributed by atoms with Crippen LogP contribution in [-0.2, 0) is 55.8 Å². The molecule has 16 nitrogen and oxygen atoms in total. The van der Waals surface area contributed by atoms with Gasteiger partial charge in [0.25, 0.3) is 0 Å². The van der Waals surface area contributed by atoms with Gasteiger partial charge in [-0.15, -0.1) is 0 Å². The molecule has 0 spiro atoms.